The zero-order valence-corrected chi connectivity index (χ0v) is 7.45. The summed E-state index contributed by atoms with van der Waals surface area (Å²) in [6, 6.07) is 0. The summed E-state index contributed by atoms with van der Waals surface area (Å²) in [7, 11) is 0. The molecule has 0 aromatic carbocycles. The second kappa shape index (κ2) is 4.66. The van der Waals surface area contributed by atoms with E-state index in [2.05, 4.69) is 10.3 Å². The average molecular weight is 200 g/mol. The monoisotopic (exact) mass is 200 g/mol. The maximum absolute atomic E-state index is 10.9. The van der Waals surface area contributed by atoms with Crippen LogP contribution in [0.4, 0.5) is 0 Å². The minimum absolute atomic E-state index is 0.392. The summed E-state index contributed by atoms with van der Waals surface area (Å²) in [4.78, 5) is 25.0. The van der Waals surface area contributed by atoms with Crippen LogP contribution < -0.4 is 5.32 Å². The molecule has 0 aliphatic carbocycles. The van der Waals surface area contributed by atoms with Gasteiger partial charge in [-0.2, -0.15) is 0 Å². The molecule has 6 heteroatoms. The van der Waals surface area contributed by atoms with Gasteiger partial charge in [0.2, 0.25) is 5.91 Å². The van der Waals surface area contributed by atoms with Gasteiger partial charge in [-0.3, -0.25) is 14.6 Å². The molecular weight excluding hydrogens is 192 g/mol. The SMILES string of the molecule is O=C(O)CC(=O)NC1N=CC=CS1. The predicted molar refractivity (Wildman–Crippen MR) is 49.4 cm³/mol. The molecule has 1 unspecified atom stereocenters. The number of hydrogen-bond acceptors (Lipinski definition) is 4. The quantitative estimate of drug-likeness (QED) is 0.637. The van der Waals surface area contributed by atoms with Crippen molar-refractivity contribution in [2.24, 2.45) is 4.99 Å². The molecule has 1 rings (SSSR count). The van der Waals surface area contributed by atoms with Gasteiger partial charge in [-0.05, 0) is 11.5 Å². The first-order chi connectivity index (χ1) is 6.18. The fourth-order valence-electron chi connectivity index (χ4n) is 0.715. The summed E-state index contributed by atoms with van der Waals surface area (Å²) in [5.74, 6) is -1.67. The highest BCUT2D eigenvalue weighted by atomic mass is 32.2. The summed E-state index contributed by atoms with van der Waals surface area (Å²) in [5.41, 5.74) is -0.392. The number of carboxylic acid groups (broad SMARTS) is 1. The first kappa shape index (κ1) is 9.79. The van der Waals surface area contributed by atoms with Gasteiger partial charge in [-0.1, -0.05) is 11.8 Å². The highest BCUT2D eigenvalue weighted by Gasteiger charge is 2.13. The van der Waals surface area contributed by atoms with Gasteiger partial charge >= 0.3 is 5.97 Å². The lowest BCUT2D eigenvalue weighted by Crippen LogP contribution is -2.32. The lowest BCUT2D eigenvalue weighted by Gasteiger charge is -2.12. The van der Waals surface area contributed by atoms with Crippen LogP contribution in [0.1, 0.15) is 6.42 Å². The van der Waals surface area contributed by atoms with E-state index in [1.54, 1.807) is 17.7 Å². The number of allylic oxidation sites excluding steroid dienone is 1. The number of carbonyl (C=O) groups excluding carboxylic acids is 1. The number of thioether (sulfide) groups is 1. The molecule has 0 aromatic rings. The molecule has 70 valence electrons. The molecule has 0 aromatic heterocycles. The van der Waals surface area contributed by atoms with Crippen LogP contribution in [-0.4, -0.2) is 28.7 Å². The van der Waals surface area contributed by atoms with E-state index < -0.39 is 23.8 Å². The van der Waals surface area contributed by atoms with Crippen LogP contribution in [0.15, 0.2) is 16.5 Å². The summed E-state index contributed by atoms with van der Waals surface area (Å²) in [5, 5.41) is 12.5. The van der Waals surface area contributed by atoms with Crippen molar-refractivity contribution in [1.29, 1.82) is 0 Å². The Morgan fingerprint density at radius 3 is 2.92 bits per heavy atom. The number of rotatable bonds is 3. The number of aliphatic imine (C=N–C) groups is 1. The van der Waals surface area contributed by atoms with Crippen molar-refractivity contribution < 1.29 is 14.7 Å². The van der Waals surface area contributed by atoms with E-state index in [1.165, 1.54) is 11.8 Å². The van der Waals surface area contributed by atoms with Gasteiger partial charge < -0.3 is 10.4 Å². The Balaban J connectivity index is 2.32. The molecule has 0 bridgehead atoms. The Hall–Kier alpha value is -1.30. The van der Waals surface area contributed by atoms with E-state index in [0.717, 1.165) is 0 Å². The second-order valence-corrected chi connectivity index (χ2v) is 3.24. The number of nitrogens with zero attached hydrogens (tertiary/aromatic N) is 1. The zero-order chi connectivity index (χ0) is 9.68. The molecule has 13 heavy (non-hydrogen) atoms. The summed E-state index contributed by atoms with van der Waals surface area (Å²) in [6.45, 7) is 0. The van der Waals surface area contributed by atoms with E-state index in [-0.39, 0.29) is 0 Å². The van der Waals surface area contributed by atoms with Gasteiger partial charge in [0, 0.05) is 6.21 Å². The van der Waals surface area contributed by atoms with E-state index in [4.69, 9.17) is 5.11 Å². The maximum Gasteiger partial charge on any atom is 0.312 e. The topological polar surface area (TPSA) is 78.8 Å². The van der Waals surface area contributed by atoms with Crippen molar-refractivity contribution >= 4 is 29.9 Å². The zero-order valence-electron chi connectivity index (χ0n) is 6.64. The first-order valence-electron chi connectivity index (χ1n) is 3.53. The number of amides is 1. The molecular formula is C7H8N2O3S. The van der Waals surface area contributed by atoms with Crippen LogP contribution in [0.3, 0.4) is 0 Å². The maximum atomic E-state index is 10.9. The van der Waals surface area contributed by atoms with Gasteiger partial charge in [0.1, 0.15) is 6.42 Å². The van der Waals surface area contributed by atoms with E-state index in [0.29, 0.717) is 0 Å². The number of aliphatic carboxylic acids is 1. The van der Waals surface area contributed by atoms with Crippen molar-refractivity contribution in [3.63, 3.8) is 0 Å². The van der Waals surface area contributed by atoms with Gasteiger partial charge in [-0.25, -0.2) is 0 Å². The largest absolute Gasteiger partial charge is 0.481 e. The minimum Gasteiger partial charge on any atom is -0.481 e. The number of carbonyl (C=O) groups is 2. The third-order valence-electron chi connectivity index (χ3n) is 1.19. The third-order valence-corrected chi connectivity index (χ3v) is 2.00. The highest BCUT2D eigenvalue weighted by Crippen LogP contribution is 2.13. The van der Waals surface area contributed by atoms with Crippen LogP contribution in [0.2, 0.25) is 0 Å². The van der Waals surface area contributed by atoms with Crippen molar-refractivity contribution in [3.05, 3.63) is 11.5 Å². The molecule has 1 aliphatic rings. The van der Waals surface area contributed by atoms with Crippen molar-refractivity contribution in [3.8, 4) is 0 Å². The lowest BCUT2D eigenvalue weighted by molar-refractivity contribution is -0.140. The Bertz CT molecular complexity index is 275. The molecule has 0 saturated heterocycles. The van der Waals surface area contributed by atoms with Gasteiger partial charge in [-0.15, -0.1) is 0 Å². The van der Waals surface area contributed by atoms with Crippen LogP contribution in [-0.2, 0) is 9.59 Å². The minimum atomic E-state index is -1.14. The van der Waals surface area contributed by atoms with Crippen molar-refractivity contribution in [2.45, 2.75) is 11.9 Å². The first-order valence-corrected chi connectivity index (χ1v) is 4.47. The second-order valence-electron chi connectivity index (χ2n) is 2.25. The fourth-order valence-corrected chi connectivity index (χ4v) is 1.37. The van der Waals surface area contributed by atoms with E-state index >= 15 is 0 Å². The molecule has 1 amide bonds. The molecule has 0 saturated carbocycles. The number of nitrogens with one attached hydrogen (secondary N) is 1. The normalized spacial score (nSPS) is 19.8. The molecule has 5 nitrogen and oxygen atoms in total. The highest BCUT2D eigenvalue weighted by molar-refractivity contribution is 8.02. The molecule has 1 atom stereocenters. The number of hydrogen-bond donors (Lipinski definition) is 2. The Morgan fingerprint density at radius 2 is 2.38 bits per heavy atom. The standard InChI is InChI=1S/C7H8N2O3S/c10-5(4-6(11)12)9-7-8-2-1-3-13-7/h1-3,7H,4H2,(H,9,10)(H,11,12). The Morgan fingerprint density at radius 1 is 1.62 bits per heavy atom. The molecule has 2 N–H and O–H groups in total. The van der Waals surface area contributed by atoms with Gasteiger partial charge in [0.05, 0.1) is 0 Å². The van der Waals surface area contributed by atoms with Crippen LogP contribution in [0.5, 0.6) is 0 Å². The third kappa shape index (κ3) is 3.75. The summed E-state index contributed by atoms with van der Waals surface area (Å²) < 4.78 is 0. The molecule has 1 aliphatic heterocycles. The summed E-state index contributed by atoms with van der Waals surface area (Å²) >= 11 is 1.32. The van der Waals surface area contributed by atoms with Crippen LogP contribution >= 0.6 is 11.8 Å². The number of carboxylic acids is 1. The van der Waals surface area contributed by atoms with Crippen molar-refractivity contribution in [2.75, 3.05) is 0 Å². The lowest BCUT2D eigenvalue weighted by atomic mass is 10.4. The summed E-state index contributed by atoms with van der Waals surface area (Å²) in [6.07, 6.45) is 2.78. The van der Waals surface area contributed by atoms with E-state index in [1.807, 2.05) is 0 Å². The average Bonchev–Trinajstić information content (AvgIpc) is 2.04. The van der Waals surface area contributed by atoms with E-state index in [9.17, 15) is 9.59 Å². The van der Waals surface area contributed by atoms with Gasteiger partial charge in [0.15, 0.2) is 5.50 Å². The molecule has 1 heterocycles. The molecule has 0 radical (unpaired) electrons. The Kier molecular flexibility index (Phi) is 3.51. The van der Waals surface area contributed by atoms with Crippen molar-refractivity contribution in [1.82, 2.24) is 5.32 Å². The molecule has 0 spiro atoms. The smallest absolute Gasteiger partial charge is 0.312 e. The molecule has 0 fully saturated rings. The predicted octanol–water partition coefficient (Wildman–Crippen LogP) is 0.192. The van der Waals surface area contributed by atoms with Crippen LogP contribution in [0.25, 0.3) is 0 Å². The Labute approximate surface area is 78.9 Å². The van der Waals surface area contributed by atoms with Crippen LogP contribution in [0, 0.1) is 0 Å². The van der Waals surface area contributed by atoms with Gasteiger partial charge in [0.25, 0.3) is 0 Å². The fraction of sp³-hybridized carbons (Fsp3) is 0.286.